The summed E-state index contributed by atoms with van der Waals surface area (Å²) < 4.78 is 0. The first-order valence-corrected chi connectivity index (χ1v) is 8.48. The van der Waals surface area contributed by atoms with Gasteiger partial charge in [-0.1, -0.05) is 23.2 Å². The monoisotopic (exact) mass is 374 g/mol. The highest BCUT2D eigenvalue weighted by Crippen LogP contribution is 2.25. The Morgan fingerprint density at radius 2 is 1.84 bits per heavy atom. The molecule has 0 radical (unpaired) electrons. The van der Waals surface area contributed by atoms with E-state index >= 15 is 0 Å². The first-order valence-electron chi connectivity index (χ1n) is 7.73. The van der Waals surface area contributed by atoms with Crippen LogP contribution in [0.5, 0.6) is 0 Å². The maximum absolute atomic E-state index is 12.2. The summed E-state index contributed by atoms with van der Waals surface area (Å²) >= 11 is 11.9. The van der Waals surface area contributed by atoms with Crippen molar-refractivity contribution in [3.63, 3.8) is 0 Å². The van der Waals surface area contributed by atoms with E-state index in [1.165, 1.54) is 0 Å². The predicted molar refractivity (Wildman–Crippen MR) is 100.0 cm³/mol. The molecule has 0 fully saturated rings. The number of aromatic amines is 1. The fourth-order valence-corrected chi connectivity index (χ4v) is 3.10. The molecule has 1 amide bonds. The van der Waals surface area contributed by atoms with Gasteiger partial charge in [-0.15, -0.1) is 0 Å². The van der Waals surface area contributed by atoms with Crippen LogP contribution in [0.3, 0.4) is 0 Å². The fraction of sp³-hybridized carbons (Fsp3) is 0.167. The van der Waals surface area contributed by atoms with Crippen LogP contribution in [0.1, 0.15) is 17.5 Å². The van der Waals surface area contributed by atoms with Crippen LogP contribution in [-0.4, -0.2) is 21.1 Å². The summed E-state index contributed by atoms with van der Waals surface area (Å²) in [6, 6.07) is 9.03. The second kappa shape index (κ2) is 7.68. The normalized spacial score (nSPS) is 10.7. The number of rotatable bonds is 5. The number of nitrogens with one attached hydrogen (secondary N) is 2. The highest BCUT2D eigenvalue weighted by molar-refractivity contribution is 6.34. The molecule has 1 aromatic carbocycles. The third kappa shape index (κ3) is 4.38. The lowest BCUT2D eigenvalue weighted by Crippen LogP contribution is -2.13. The second-order valence-electron chi connectivity index (χ2n) is 5.63. The molecule has 3 rings (SSSR count). The average Bonchev–Trinajstić information content (AvgIpc) is 2.94. The summed E-state index contributed by atoms with van der Waals surface area (Å²) in [5, 5.41) is 11.1. The summed E-state index contributed by atoms with van der Waals surface area (Å²) in [5.74, 6) is 0.491. The SMILES string of the molecule is Cc1c(-c2ccncc2)n[nH]c1NC(=O)CCc1cc(Cl)cc(Cl)c1. The number of amides is 1. The molecule has 0 atom stereocenters. The first kappa shape index (κ1) is 17.5. The van der Waals surface area contributed by atoms with Gasteiger partial charge in [0.15, 0.2) is 0 Å². The maximum Gasteiger partial charge on any atom is 0.225 e. The molecule has 0 aliphatic carbocycles. The minimum Gasteiger partial charge on any atom is -0.311 e. The van der Waals surface area contributed by atoms with Crippen LogP contribution in [0.2, 0.25) is 10.0 Å². The van der Waals surface area contributed by atoms with Crippen molar-refractivity contribution in [3.05, 3.63) is 63.9 Å². The van der Waals surface area contributed by atoms with E-state index in [9.17, 15) is 4.79 Å². The Morgan fingerprint density at radius 1 is 1.16 bits per heavy atom. The molecule has 5 nitrogen and oxygen atoms in total. The van der Waals surface area contributed by atoms with Crippen LogP contribution in [0.15, 0.2) is 42.7 Å². The standard InChI is InChI=1S/C18H16Cl2N4O/c1-11-17(13-4-6-21-7-5-13)23-24-18(11)22-16(25)3-2-12-8-14(19)10-15(20)9-12/h4-10H,2-3H2,1H3,(H2,22,23,24,25). The van der Waals surface area contributed by atoms with Gasteiger partial charge in [0.1, 0.15) is 5.82 Å². The number of hydrogen-bond donors (Lipinski definition) is 2. The van der Waals surface area contributed by atoms with Crippen LogP contribution in [0.25, 0.3) is 11.3 Å². The van der Waals surface area contributed by atoms with Crippen molar-refractivity contribution in [1.82, 2.24) is 15.2 Å². The van der Waals surface area contributed by atoms with Gasteiger partial charge in [0.25, 0.3) is 0 Å². The third-order valence-corrected chi connectivity index (χ3v) is 4.23. The number of aryl methyl sites for hydroxylation is 1. The lowest BCUT2D eigenvalue weighted by atomic mass is 10.1. The Kier molecular flexibility index (Phi) is 5.36. The molecule has 7 heteroatoms. The summed E-state index contributed by atoms with van der Waals surface area (Å²) in [6.07, 6.45) is 4.28. The number of carbonyl (C=O) groups excluding carboxylic acids is 1. The number of carbonyl (C=O) groups is 1. The van der Waals surface area contributed by atoms with Crippen molar-refractivity contribution >= 4 is 34.9 Å². The second-order valence-corrected chi connectivity index (χ2v) is 6.51. The highest BCUT2D eigenvalue weighted by atomic mass is 35.5. The van der Waals surface area contributed by atoms with Gasteiger partial charge >= 0.3 is 0 Å². The molecule has 0 saturated heterocycles. The van der Waals surface area contributed by atoms with Crippen molar-refractivity contribution in [1.29, 1.82) is 0 Å². The van der Waals surface area contributed by atoms with Crippen LogP contribution >= 0.6 is 23.2 Å². The van der Waals surface area contributed by atoms with E-state index in [1.807, 2.05) is 31.2 Å². The van der Waals surface area contributed by atoms with Crippen molar-refractivity contribution in [3.8, 4) is 11.3 Å². The largest absolute Gasteiger partial charge is 0.311 e. The van der Waals surface area contributed by atoms with Crippen molar-refractivity contribution in [2.45, 2.75) is 19.8 Å². The van der Waals surface area contributed by atoms with E-state index in [1.54, 1.807) is 18.5 Å². The molecule has 3 aromatic rings. The number of pyridine rings is 1. The van der Waals surface area contributed by atoms with E-state index in [0.29, 0.717) is 28.7 Å². The van der Waals surface area contributed by atoms with E-state index in [-0.39, 0.29) is 5.91 Å². The van der Waals surface area contributed by atoms with Crippen LogP contribution in [0, 0.1) is 6.92 Å². The zero-order chi connectivity index (χ0) is 17.8. The van der Waals surface area contributed by atoms with Crippen LogP contribution < -0.4 is 5.32 Å². The molecule has 25 heavy (non-hydrogen) atoms. The van der Waals surface area contributed by atoms with Crippen LogP contribution in [-0.2, 0) is 11.2 Å². The van der Waals surface area contributed by atoms with E-state index < -0.39 is 0 Å². The fourth-order valence-electron chi connectivity index (χ4n) is 2.53. The zero-order valence-electron chi connectivity index (χ0n) is 13.5. The topological polar surface area (TPSA) is 70.7 Å². The molecule has 2 aromatic heterocycles. The molecule has 0 bridgehead atoms. The quantitative estimate of drug-likeness (QED) is 0.682. The maximum atomic E-state index is 12.2. The predicted octanol–water partition coefficient (Wildman–Crippen LogP) is 4.66. The lowest BCUT2D eigenvalue weighted by molar-refractivity contribution is -0.116. The van der Waals surface area contributed by atoms with Crippen molar-refractivity contribution < 1.29 is 4.79 Å². The Bertz CT molecular complexity index is 873. The van der Waals surface area contributed by atoms with E-state index in [2.05, 4.69) is 20.5 Å². The number of halogens is 2. The van der Waals surface area contributed by atoms with Crippen LogP contribution in [0.4, 0.5) is 5.82 Å². The first-order chi connectivity index (χ1) is 12.0. The molecule has 0 spiro atoms. The minimum atomic E-state index is -0.107. The Balaban J connectivity index is 1.64. The van der Waals surface area contributed by atoms with Crippen molar-refractivity contribution in [2.75, 3.05) is 5.32 Å². The molecule has 2 heterocycles. The third-order valence-electron chi connectivity index (χ3n) is 3.79. The number of H-pyrrole nitrogens is 1. The zero-order valence-corrected chi connectivity index (χ0v) is 15.0. The number of nitrogens with zero attached hydrogens (tertiary/aromatic N) is 2. The molecule has 128 valence electrons. The Hall–Kier alpha value is -2.37. The Labute approximate surface area is 155 Å². The average molecular weight is 375 g/mol. The molecule has 2 N–H and O–H groups in total. The van der Waals surface area contributed by atoms with Gasteiger partial charge in [-0.2, -0.15) is 5.10 Å². The molecule has 0 aliphatic rings. The van der Waals surface area contributed by atoms with E-state index in [4.69, 9.17) is 23.2 Å². The summed E-state index contributed by atoms with van der Waals surface area (Å²) in [7, 11) is 0. The highest BCUT2D eigenvalue weighted by Gasteiger charge is 2.13. The molecule has 0 unspecified atom stereocenters. The Morgan fingerprint density at radius 3 is 2.52 bits per heavy atom. The summed E-state index contributed by atoms with van der Waals surface area (Å²) in [6.45, 7) is 1.91. The van der Waals surface area contributed by atoms with Gasteiger partial charge in [-0.25, -0.2) is 0 Å². The van der Waals surface area contributed by atoms with Gasteiger partial charge < -0.3 is 5.32 Å². The number of anilines is 1. The number of benzene rings is 1. The smallest absolute Gasteiger partial charge is 0.225 e. The van der Waals surface area contributed by atoms with Gasteiger partial charge in [0.2, 0.25) is 5.91 Å². The molecule has 0 aliphatic heterocycles. The summed E-state index contributed by atoms with van der Waals surface area (Å²) in [4.78, 5) is 16.2. The molecular formula is C18H16Cl2N4O. The number of aromatic nitrogens is 3. The van der Waals surface area contributed by atoms with Gasteiger partial charge in [0, 0.05) is 40.0 Å². The molecule has 0 saturated carbocycles. The summed E-state index contributed by atoms with van der Waals surface area (Å²) in [5.41, 5.74) is 3.54. The van der Waals surface area contributed by atoms with Gasteiger partial charge in [0.05, 0.1) is 5.69 Å². The van der Waals surface area contributed by atoms with Gasteiger partial charge in [-0.3, -0.25) is 14.9 Å². The van der Waals surface area contributed by atoms with E-state index in [0.717, 1.165) is 22.4 Å². The molecular weight excluding hydrogens is 359 g/mol. The van der Waals surface area contributed by atoms with Gasteiger partial charge in [-0.05, 0) is 49.2 Å². The minimum absolute atomic E-state index is 0.107. The van der Waals surface area contributed by atoms with Crippen molar-refractivity contribution in [2.24, 2.45) is 0 Å². The lowest BCUT2D eigenvalue weighted by Gasteiger charge is -2.05. The number of hydrogen-bond acceptors (Lipinski definition) is 3.